The third-order valence-electron chi connectivity index (χ3n) is 4.79. The number of pyridine rings is 1. The van der Waals surface area contributed by atoms with Gasteiger partial charge in [-0.1, -0.05) is 24.3 Å². The predicted octanol–water partition coefficient (Wildman–Crippen LogP) is 2.67. The van der Waals surface area contributed by atoms with Crippen LogP contribution >= 0.6 is 0 Å². The zero-order valence-electron chi connectivity index (χ0n) is 13.0. The van der Waals surface area contributed by atoms with Gasteiger partial charge in [-0.25, -0.2) is 13.8 Å². The number of ether oxygens (including phenoxy) is 1. The van der Waals surface area contributed by atoms with Gasteiger partial charge in [-0.2, -0.15) is 0 Å². The van der Waals surface area contributed by atoms with E-state index in [4.69, 9.17) is 4.74 Å². The van der Waals surface area contributed by atoms with Gasteiger partial charge in [-0.05, 0) is 24.0 Å². The maximum atomic E-state index is 13.9. The van der Waals surface area contributed by atoms with E-state index in [-0.39, 0.29) is 5.69 Å². The minimum atomic E-state index is -0.938. The number of aryl methyl sites for hydroxylation is 1. The normalized spacial score (nSPS) is 22.7. The van der Waals surface area contributed by atoms with E-state index in [0.29, 0.717) is 25.8 Å². The summed E-state index contributed by atoms with van der Waals surface area (Å²) in [6, 6.07) is 8.71. The van der Waals surface area contributed by atoms with Crippen LogP contribution in [0.5, 0.6) is 0 Å². The molecule has 1 aromatic carbocycles. The lowest BCUT2D eigenvalue weighted by Gasteiger charge is -2.41. The van der Waals surface area contributed by atoms with Gasteiger partial charge < -0.3 is 9.64 Å². The maximum Gasteiger partial charge on any atom is 0.275 e. The number of aromatic nitrogens is 1. The molecule has 2 aromatic rings. The molecule has 1 spiro atoms. The SMILES string of the molecule is O=C(c1ncc(F)cc1F)N1CCO[C@@]2(CCc3ccccc32)C1. The average Bonchev–Trinajstić information content (AvgIpc) is 2.93. The van der Waals surface area contributed by atoms with E-state index < -0.39 is 23.1 Å². The van der Waals surface area contributed by atoms with Gasteiger partial charge in [0.1, 0.15) is 11.4 Å². The second-order valence-electron chi connectivity index (χ2n) is 6.21. The lowest BCUT2D eigenvalue weighted by atomic mass is 9.93. The van der Waals surface area contributed by atoms with Crippen LogP contribution in [0.3, 0.4) is 0 Å². The van der Waals surface area contributed by atoms with Crippen molar-refractivity contribution in [3.8, 4) is 0 Å². The zero-order chi connectivity index (χ0) is 16.7. The topological polar surface area (TPSA) is 42.4 Å². The van der Waals surface area contributed by atoms with E-state index in [1.165, 1.54) is 5.56 Å². The molecule has 1 atom stereocenters. The van der Waals surface area contributed by atoms with Crippen molar-refractivity contribution in [3.05, 3.63) is 65.0 Å². The number of morpholine rings is 1. The molecule has 1 aliphatic carbocycles. The van der Waals surface area contributed by atoms with Gasteiger partial charge in [0.2, 0.25) is 0 Å². The quantitative estimate of drug-likeness (QED) is 0.807. The number of carbonyl (C=O) groups is 1. The molecule has 6 heteroatoms. The van der Waals surface area contributed by atoms with Gasteiger partial charge in [0.25, 0.3) is 5.91 Å². The Labute approximate surface area is 138 Å². The van der Waals surface area contributed by atoms with Crippen molar-refractivity contribution in [3.63, 3.8) is 0 Å². The number of nitrogens with zero attached hydrogens (tertiary/aromatic N) is 2. The number of benzene rings is 1. The fraction of sp³-hybridized carbons (Fsp3) is 0.333. The van der Waals surface area contributed by atoms with Crippen LogP contribution in [0.15, 0.2) is 36.5 Å². The Morgan fingerprint density at radius 2 is 2.12 bits per heavy atom. The van der Waals surface area contributed by atoms with Crippen LogP contribution in [0.1, 0.15) is 28.0 Å². The van der Waals surface area contributed by atoms with Gasteiger partial charge in [-0.3, -0.25) is 4.79 Å². The first-order chi connectivity index (χ1) is 11.6. The van der Waals surface area contributed by atoms with E-state index in [9.17, 15) is 13.6 Å². The fourth-order valence-corrected chi connectivity index (χ4v) is 3.65. The van der Waals surface area contributed by atoms with Gasteiger partial charge >= 0.3 is 0 Å². The largest absolute Gasteiger partial charge is 0.367 e. The molecule has 0 N–H and O–H groups in total. The molecule has 1 amide bonds. The standard InChI is InChI=1S/C18H16F2N2O2/c19-13-9-15(20)16(21-10-13)17(23)22-7-8-24-18(11-22)6-5-12-3-1-2-4-14(12)18/h1-4,9-10H,5-8,11H2/t18-/m0/s1. The summed E-state index contributed by atoms with van der Waals surface area (Å²) in [5, 5.41) is 0. The Hall–Kier alpha value is -2.34. The van der Waals surface area contributed by atoms with Gasteiger partial charge in [0.05, 0.1) is 19.3 Å². The molecule has 1 saturated heterocycles. The maximum absolute atomic E-state index is 13.9. The summed E-state index contributed by atoms with van der Waals surface area (Å²) in [5.41, 5.74) is 1.42. The highest BCUT2D eigenvalue weighted by molar-refractivity contribution is 5.92. The molecule has 24 heavy (non-hydrogen) atoms. The Kier molecular flexibility index (Phi) is 3.57. The summed E-state index contributed by atoms with van der Waals surface area (Å²) in [6.45, 7) is 1.09. The highest BCUT2D eigenvalue weighted by atomic mass is 19.1. The molecule has 0 unspecified atom stereocenters. The Balaban J connectivity index is 1.63. The summed E-state index contributed by atoms with van der Waals surface area (Å²) in [4.78, 5) is 17.8. The van der Waals surface area contributed by atoms with Crippen molar-refractivity contribution in [2.24, 2.45) is 0 Å². The highest BCUT2D eigenvalue weighted by Gasteiger charge is 2.44. The van der Waals surface area contributed by atoms with E-state index in [1.54, 1.807) is 4.90 Å². The zero-order valence-corrected chi connectivity index (χ0v) is 13.0. The number of carbonyl (C=O) groups excluding carboxylic acids is 1. The van der Waals surface area contributed by atoms with Crippen molar-refractivity contribution < 1.29 is 18.3 Å². The minimum Gasteiger partial charge on any atom is -0.367 e. The molecule has 1 fully saturated rings. The number of hydrogen-bond donors (Lipinski definition) is 0. The first-order valence-corrected chi connectivity index (χ1v) is 7.92. The first-order valence-electron chi connectivity index (χ1n) is 7.92. The number of amides is 1. The lowest BCUT2D eigenvalue weighted by Crippen LogP contribution is -2.51. The number of rotatable bonds is 1. The Bertz CT molecular complexity index is 807. The summed E-state index contributed by atoms with van der Waals surface area (Å²) in [5.74, 6) is -2.26. The molecule has 0 saturated carbocycles. The molecule has 1 aliphatic heterocycles. The van der Waals surface area contributed by atoms with Gasteiger partial charge in [-0.15, -0.1) is 0 Å². The van der Waals surface area contributed by atoms with Crippen molar-refractivity contribution >= 4 is 5.91 Å². The lowest BCUT2D eigenvalue weighted by molar-refractivity contribution is -0.104. The summed E-state index contributed by atoms with van der Waals surface area (Å²) in [6.07, 6.45) is 2.54. The molecule has 4 nitrogen and oxygen atoms in total. The average molecular weight is 330 g/mol. The van der Waals surface area contributed by atoms with Crippen LogP contribution in [0, 0.1) is 11.6 Å². The molecule has 4 rings (SSSR count). The monoisotopic (exact) mass is 330 g/mol. The van der Waals surface area contributed by atoms with Crippen LogP contribution < -0.4 is 0 Å². The third-order valence-corrected chi connectivity index (χ3v) is 4.79. The van der Waals surface area contributed by atoms with Crippen molar-refractivity contribution in [2.45, 2.75) is 18.4 Å². The minimum absolute atomic E-state index is 0.347. The van der Waals surface area contributed by atoms with Crippen LogP contribution in [0.25, 0.3) is 0 Å². The molecule has 2 aliphatic rings. The Morgan fingerprint density at radius 3 is 2.96 bits per heavy atom. The van der Waals surface area contributed by atoms with E-state index in [1.807, 2.05) is 18.2 Å². The summed E-state index contributed by atoms with van der Waals surface area (Å²) >= 11 is 0. The molecular weight excluding hydrogens is 314 g/mol. The molecule has 2 heterocycles. The molecule has 0 bridgehead atoms. The van der Waals surface area contributed by atoms with Crippen LogP contribution in [-0.2, 0) is 16.8 Å². The van der Waals surface area contributed by atoms with Crippen LogP contribution in [-0.4, -0.2) is 35.5 Å². The van der Waals surface area contributed by atoms with Crippen LogP contribution in [0.4, 0.5) is 8.78 Å². The van der Waals surface area contributed by atoms with Crippen molar-refractivity contribution in [1.29, 1.82) is 0 Å². The van der Waals surface area contributed by atoms with Crippen molar-refractivity contribution in [1.82, 2.24) is 9.88 Å². The second-order valence-corrected chi connectivity index (χ2v) is 6.21. The van der Waals surface area contributed by atoms with Crippen molar-refractivity contribution in [2.75, 3.05) is 19.7 Å². The number of fused-ring (bicyclic) bond motifs is 2. The highest BCUT2D eigenvalue weighted by Crippen LogP contribution is 2.42. The second kappa shape index (κ2) is 5.63. The summed E-state index contributed by atoms with van der Waals surface area (Å²) < 4.78 is 32.9. The van der Waals surface area contributed by atoms with E-state index in [2.05, 4.69) is 11.1 Å². The fourth-order valence-electron chi connectivity index (χ4n) is 3.65. The van der Waals surface area contributed by atoms with Crippen LogP contribution in [0.2, 0.25) is 0 Å². The predicted molar refractivity (Wildman–Crippen MR) is 82.4 cm³/mol. The van der Waals surface area contributed by atoms with Gasteiger partial charge in [0.15, 0.2) is 11.5 Å². The number of hydrogen-bond acceptors (Lipinski definition) is 3. The molecular formula is C18H16F2N2O2. The van der Waals surface area contributed by atoms with Gasteiger partial charge in [0, 0.05) is 12.6 Å². The smallest absolute Gasteiger partial charge is 0.275 e. The molecule has 1 aromatic heterocycles. The van der Waals surface area contributed by atoms with E-state index in [0.717, 1.165) is 24.6 Å². The molecule has 124 valence electrons. The third kappa shape index (κ3) is 2.38. The number of halogens is 2. The first kappa shape index (κ1) is 15.2. The Morgan fingerprint density at radius 1 is 1.29 bits per heavy atom. The van der Waals surface area contributed by atoms with E-state index >= 15 is 0 Å². The summed E-state index contributed by atoms with van der Waals surface area (Å²) in [7, 11) is 0. The molecule has 0 radical (unpaired) electrons.